The van der Waals surface area contributed by atoms with E-state index >= 15 is 0 Å². The molecule has 10 nitrogen and oxygen atoms in total. The lowest BCUT2D eigenvalue weighted by atomic mass is 10.2. The highest BCUT2D eigenvalue weighted by Gasteiger charge is 2.35. The Morgan fingerprint density at radius 3 is 2.36 bits per heavy atom. The maximum Gasteiger partial charge on any atom is 0.267 e. The predicted octanol–water partition coefficient (Wildman–Crippen LogP) is 3.27. The van der Waals surface area contributed by atoms with Crippen LogP contribution in [0.3, 0.4) is 0 Å². The number of nitrogens with one attached hydrogen (secondary N) is 1. The van der Waals surface area contributed by atoms with Crippen LogP contribution < -0.4 is 19.9 Å². The number of hydrogen-bond acceptors (Lipinski definition) is 7. The summed E-state index contributed by atoms with van der Waals surface area (Å²) in [7, 11) is -2.82. The van der Waals surface area contributed by atoms with Crippen LogP contribution in [0.15, 0.2) is 54.6 Å². The molecular weight excluding hydrogens is 487 g/mol. The van der Waals surface area contributed by atoms with Crippen LogP contribution in [0.2, 0.25) is 0 Å². The highest BCUT2D eigenvalue weighted by Crippen LogP contribution is 2.28. The number of carbonyl (C=O) groups is 1. The van der Waals surface area contributed by atoms with Gasteiger partial charge in [0.2, 0.25) is 0 Å². The van der Waals surface area contributed by atoms with E-state index in [2.05, 4.69) is 15.8 Å². The smallest absolute Gasteiger partial charge is 0.267 e. The van der Waals surface area contributed by atoms with E-state index in [1.807, 2.05) is 0 Å². The number of ether oxygens (including phenoxy) is 3. The highest BCUT2D eigenvalue weighted by molar-refractivity contribution is 8.00. The Morgan fingerprint density at radius 1 is 1.22 bits per heavy atom. The Morgan fingerprint density at radius 2 is 1.83 bits per heavy atom. The second kappa shape index (κ2) is 9.82. The number of rotatable bonds is 8. The molecule has 36 heavy (non-hydrogen) atoms. The van der Waals surface area contributed by atoms with Gasteiger partial charge in [-0.25, -0.2) is 14.4 Å². The standard InChI is InChI=1S/C24H27FN6O4S/c1-24(2)33-14-19(35-24)13-31(36(3,27)28)21-12-20(22(26)32)29-23(30-21)15-4-8-17(9-5-15)34-18-10-6-16(25)7-11-18/h4-12,19H,3,13-14H2,1-2H3,(H2,26,32)(H3,27,28). The van der Waals surface area contributed by atoms with E-state index in [9.17, 15) is 9.18 Å². The van der Waals surface area contributed by atoms with Crippen molar-refractivity contribution in [2.75, 3.05) is 17.5 Å². The van der Waals surface area contributed by atoms with Gasteiger partial charge in [-0.2, -0.15) is 0 Å². The lowest BCUT2D eigenvalue weighted by molar-refractivity contribution is -0.136. The average molecular weight is 515 g/mol. The van der Waals surface area contributed by atoms with Crippen molar-refractivity contribution in [1.82, 2.24) is 9.97 Å². The van der Waals surface area contributed by atoms with Gasteiger partial charge in [0.05, 0.1) is 13.2 Å². The zero-order valence-electron chi connectivity index (χ0n) is 19.8. The van der Waals surface area contributed by atoms with Crippen LogP contribution in [-0.4, -0.2) is 46.8 Å². The zero-order chi connectivity index (χ0) is 26.1. The molecule has 1 aliphatic rings. The van der Waals surface area contributed by atoms with E-state index in [1.54, 1.807) is 38.1 Å². The molecule has 1 aromatic heterocycles. The van der Waals surface area contributed by atoms with E-state index in [1.165, 1.54) is 34.6 Å². The van der Waals surface area contributed by atoms with Crippen LogP contribution in [0.1, 0.15) is 24.3 Å². The summed E-state index contributed by atoms with van der Waals surface area (Å²) < 4.78 is 40.3. The fourth-order valence-corrected chi connectivity index (χ4v) is 4.42. The predicted molar refractivity (Wildman–Crippen MR) is 136 cm³/mol. The first-order valence-corrected chi connectivity index (χ1v) is 12.7. The largest absolute Gasteiger partial charge is 0.457 e. The number of aromatic nitrogens is 2. The maximum atomic E-state index is 13.1. The summed E-state index contributed by atoms with van der Waals surface area (Å²) in [6, 6.07) is 13.8. The molecule has 2 unspecified atom stereocenters. The van der Waals surface area contributed by atoms with Gasteiger partial charge in [0.15, 0.2) is 11.6 Å². The fraction of sp³-hybridized carbons (Fsp3) is 0.250. The third kappa shape index (κ3) is 6.15. The first-order valence-electron chi connectivity index (χ1n) is 10.9. The lowest BCUT2D eigenvalue weighted by Crippen LogP contribution is -2.42. The number of nitrogens with zero attached hydrogens (tertiary/aromatic N) is 3. The topological polar surface area (TPSA) is 150 Å². The number of halogens is 1. The molecule has 190 valence electrons. The average Bonchev–Trinajstić information content (AvgIpc) is 3.16. The normalized spacial score (nSPS) is 18.4. The van der Waals surface area contributed by atoms with Gasteiger partial charge in [-0.15, -0.1) is 0 Å². The quantitative estimate of drug-likeness (QED) is 0.388. The second-order valence-corrected chi connectivity index (χ2v) is 10.6. The molecule has 0 spiro atoms. The van der Waals surface area contributed by atoms with Crippen LogP contribution in [0.25, 0.3) is 11.4 Å². The Hall–Kier alpha value is -3.58. The molecular formula is C24H27FN6O4S. The molecule has 0 saturated carbocycles. The SMILES string of the molecule is C=S(=N)(N)N(CC1COC(C)(C)O1)c1cc(C(N)=O)nc(-c2ccc(Oc3ccc(F)cc3)cc2)n1. The molecule has 5 N–H and O–H groups in total. The molecule has 2 heterocycles. The minimum Gasteiger partial charge on any atom is -0.457 e. The summed E-state index contributed by atoms with van der Waals surface area (Å²) in [6.45, 7) is 4.06. The first kappa shape index (κ1) is 25.5. The number of amides is 1. The summed E-state index contributed by atoms with van der Waals surface area (Å²) in [5, 5.41) is 6.13. The number of benzene rings is 2. The third-order valence-electron chi connectivity index (χ3n) is 5.21. The fourth-order valence-electron chi connectivity index (χ4n) is 3.56. The van der Waals surface area contributed by atoms with Crippen molar-refractivity contribution in [3.63, 3.8) is 0 Å². The molecule has 1 amide bonds. The Kier molecular flexibility index (Phi) is 6.96. The second-order valence-electron chi connectivity index (χ2n) is 8.65. The summed E-state index contributed by atoms with van der Waals surface area (Å²) in [5.74, 6) is 3.32. The van der Waals surface area contributed by atoms with E-state index in [-0.39, 0.29) is 35.8 Å². The van der Waals surface area contributed by atoms with Crippen LogP contribution in [-0.2, 0) is 19.3 Å². The van der Waals surface area contributed by atoms with Crippen LogP contribution >= 0.6 is 0 Å². The first-order chi connectivity index (χ1) is 16.9. The molecule has 0 aliphatic carbocycles. The Labute approximate surface area is 208 Å². The Balaban J connectivity index is 1.65. The molecule has 1 fully saturated rings. The molecule has 0 bridgehead atoms. The van der Waals surface area contributed by atoms with Gasteiger partial charge in [-0.05, 0) is 78.0 Å². The van der Waals surface area contributed by atoms with Gasteiger partial charge >= 0.3 is 0 Å². The molecule has 0 radical (unpaired) electrons. The maximum absolute atomic E-state index is 13.1. The van der Waals surface area contributed by atoms with Crippen molar-refractivity contribution < 1.29 is 23.4 Å². The molecule has 1 aliphatic heterocycles. The summed E-state index contributed by atoms with van der Waals surface area (Å²) >= 11 is 0. The zero-order valence-corrected chi connectivity index (χ0v) is 20.6. The molecule has 1 saturated heterocycles. The van der Waals surface area contributed by atoms with Crippen molar-refractivity contribution in [2.45, 2.75) is 25.7 Å². The van der Waals surface area contributed by atoms with Gasteiger partial charge in [0, 0.05) is 11.6 Å². The molecule has 3 aromatic rings. The monoisotopic (exact) mass is 514 g/mol. The molecule has 4 rings (SSSR count). The van der Waals surface area contributed by atoms with E-state index in [0.717, 1.165) is 0 Å². The minimum atomic E-state index is -2.82. The van der Waals surface area contributed by atoms with Crippen molar-refractivity contribution >= 4 is 27.4 Å². The molecule has 2 aromatic carbocycles. The van der Waals surface area contributed by atoms with Gasteiger partial charge < -0.3 is 19.9 Å². The molecule has 12 heteroatoms. The van der Waals surface area contributed by atoms with Crippen molar-refractivity contribution in [3.05, 3.63) is 66.1 Å². The Bertz CT molecular complexity index is 1360. The highest BCUT2D eigenvalue weighted by atomic mass is 32.2. The number of anilines is 1. The number of nitrogens with two attached hydrogens (primary N) is 2. The summed E-state index contributed by atoms with van der Waals surface area (Å²) in [4.78, 5) is 20.9. The van der Waals surface area contributed by atoms with Gasteiger partial charge in [0.25, 0.3) is 5.91 Å². The van der Waals surface area contributed by atoms with Crippen LogP contribution in [0, 0.1) is 10.6 Å². The van der Waals surface area contributed by atoms with Gasteiger partial charge in [-0.1, -0.05) is 0 Å². The number of carbonyl (C=O) groups excluding carboxylic acids is 1. The summed E-state index contributed by atoms with van der Waals surface area (Å²) in [5.41, 5.74) is 6.06. The van der Waals surface area contributed by atoms with Crippen molar-refractivity contribution in [2.24, 2.45) is 10.9 Å². The van der Waals surface area contributed by atoms with Gasteiger partial charge in [0.1, 0.15) is 34.9 Å². The third-order valence-corrected chi connectivity index (χ3v) is 6.34. The summed E-state index contributed by atoms with van der Waals surface area (Å²) in [6.07, 6.45) is -0.388. The van der Waals surface area contributed by atoms with Crippen molar-refractivity contribution in [1.29, 1.82) is 4.78 Å². The van der Waals surface area contributed by atoms with Gasteiger partial charge in [-0.3, -0.25) is 19.0 Å². The lowest BCUT2D eigenvalue weighted by Gasteiger charge is -2.30. The number of hydrogen-bond donors (Lipinski definition) is 3. The van der Waals surface area contributed by atoms with Crippen LogP contribution in [0.5, 0.6) is 11.5 Å². The van der Waals surface area contributed by atoms with E-state index < -0.39 is 21.5 Å². The van der Waals surface area contributed by atoms with E-state index in [0.29, 0.717) is 23.7 Å². The van der Waals surface area contributed by atoms with E-state index in [4.69, 9.17) is 29.9 Å². The minimum absolute atomic E-state index is 0.0424. The number of primary amides is 1. The van der Waals surface area contributed by atoms with Crippen LogP contribution in [0.4, 0.5) is 10.2 Å². The molecule has 2 atom stereocenters. The van der Waals surface area contributed by atoms with Crippen molar-refractivity contribution in [3.8, 4) is 22.9 Å².